The van der Waals surface area contributed by atoms with Crippen LogP contribution in [0.15, 0.2) is 30.3 Å². The molecule has 1 atom stereocenters. The van der Waals surface area contributed by atoms with Crippen LogP contribution in [0.1, 0.15) is 24.2 Å². The Morgan fingerprint density at radius 1 is 1.43 bits per heavy atom. The molecular formula is C11H12O3. The maximum Gasteiger partial charge on any atom is 0.328 e. The molecule has 74 valence electrons. The zero-order valence-corrected chi connectivity index (χ0v) is 7.84. The standard InChI is InChI=1S/C11H12O3/c1-8(12)10-5-3-2-4-9(10)6-7-11(13)14/h2-8,12H,1H3,(H,13,14)/b7-6+. The SMILES string of the molecule is CC(O)c1ccccc1/C=C/C(=O)O. The highest BCUT2D eigenvalue weighted by atomic mass is 16.4. The fraction of sp³-hybridized carbons (Fsp3) is 0.182. The fourth-order valence-corrected chi connectivity index (χ4v) is 1.20. The van der Waals surface area contributed by atoms with Gasteiger partial charge in [0.2, 0.25) is 0 Å². The van der Waals surface area contributed by atoms with E-state index in [1.165, 1.54) is 6.08 Å². The fourth-order valence-electron chi connectivity index (χ4n) is 1.20. The van der Waals surface area contributed by atoms with Gasteiger partial charge in [-0.15, -0.1) is 0 Å². The lowest BCUT2D eigenvalue weighted by Crippen LogP contribution is -1.94. The molecule has 1 aromatic rings. The maximum absolute atomic E-state index is 10.3. The third kappa shape index (κ3) is 2.71. The zero-order valence-electron chi connectivity index (χ0n) is 7.84. The molecule has 0 saturated carbocycles. The highest BCUT2D eigenvalue weighted by Gasteiger charge is 2.04. The molecule has 14 heavy (non-hydrogen) atoms. The number of benzene rings is 1. The van der Waals surface area contributed by atoms with Gasteiger partial charge < -0.3 is 10.2 Å². The first-order valence-corrected chi connectivity index (χ1v) is 4.29. The summed E-state index contributed by atoms with van der Waals surface area (Å²) < 4.78 is 0. The summed E-state index contributed by atoms with van der Waals surface area (Å²) in [5.41, 5.74) is 1.45. The van der Waals surface area contributed by atoms with Gasteiger partial charge in [0.1, 0.15) is 0 Å². The zero-order chi connectivity index (χ0) is 10.6. The summed E-state index contributed by atoms with van der Waals surface area (Å²) in [6.45, 7) is 1.65. The Balaban J connectivity index is 3.01. The Hall–Kier alpha value is -1.61. The van der Waals surface area contributed by atoms with Crippen LogP contribution < -0.4 is 0 Å². The number of carbonyl (C=O) groups is 1. The number of aliphatic hydroxyl groups is 1. The van der Waals surface area contributed by atoms with Crippen molar-refractivity contribution >= 4 is 12.0 Å². The van der Waals surface area contributed by atoms with Gasteiger partial charge in [-0.05, 0) is 24.1 Å². The number of hydrogen-bond acceptors (Lipinski definition) is 2. The second kappa shape index (κ2) is 4.58. The highest BCUT2D eigenvalue weighted by molar-refractivity contribution is 5.85. The average molecular weight is 192 g/mol. The van der Waals surface area contributed by atoms with E-state index < -0.39 is 12.1 Å². The quantitative estimate of drug-likeness (QED) is 0.718. The van der Waals surface area contributed by atoms with Gasteiger partial charge in [0.25, 0.3) is 0 Å². The third-order valence-electron chi connectivity index (χ3n) is 1.85. The monoisotopic (exact) mass is 192 g/mol. The number of aliphatic carboxylic acids is 1. The van der Waals surface area contributed by atoms with E-state index in [1.54, 1.807) is 31.2 Å². The first-order valence-electron chi connectivity index (χ1n) is 4.29. The van der Waals surface area contributed by atoms with Crippen LogP contribution in [0.25, 0.3) is 6.08 Å². The largest absolute Gasteiger partial charge is 0.478 e. The Labute approximate surface area is 82.3 Å². The van der Waals surface area contributed by atoms with Crippen molar-refractivity contribution in [3.05, 3.63) is 41.5 Å². The second-order valence-corrected chi connectivity index (χ2v) is 2.98. The Morgan fingerprint density at radius 3 is 2.64 bits per heavy atom. The number of carboxylic acid groups (broad SMARTS) is 1. The van der Waals surface area contributed by atoms with Crippen LogP contribution in [-0.4, -0.2) is 16.2 Å². The summed E-state index contributed by atoms with van der Waals surface area (Å²) in [5.74, 6) is -0.995. The molecule has 2 N–H and O–H groups in total. The molecule has 0 aliphatic heterocycles. The van der Waals surface area contributed by atoms with Crippen LogP contribution in [0.4, 0.5) is 0 Å². The van der Waals surface area contributed by atoms with Crippen molar-refractivity contribution in [3.63, 3.8) is 0 Å². The van der Waals surface area contributed by atoms with E-state index in [0.29, 0.717) is 0 Å². The van der Waals surface area contributed by atoms with E-state index in [9.17, 15) is 9.90 Å². The molecule has 3 nitrogen and oxygen atoms in total. The molecule has 1 aromatic carbocycles. The van der Waals surface area contributed by atoms with Gasteiger partial charge in [0.15, 0.2) is 0 Å². The van der Waals surface area contributed by atoms with Crippen molar-refractivity contribution in [1.29, 1.82) is 0 Å². The number of aliphatic hydroxyl groups excluding tert-OH is 1. The van der Waals surface area contributed by atoms with Crippen molar-refractivity contribution in [2.45, 2.75) is 13.0 Å². The van der Waals surface area contributed by atoms with E-state index in [-0.39, 0.29) is 0 Å². The Bertz CT molecular complexity index is 353. The summed E-state index contributed by atoms with van der Waals surface area (Å²) in [4.78, 5) is 10.3. The minimum absolute atomic E-state index is 0.593. The Kier molecular flexibility index (Phi) is 3.42. The van der Waals surface area contributed by atoms with Gasteiger partial charge in [-0.1, -0.05) is 24.3 Å². The van der Waals surface area contributed by atoms with Crippen LogP contribution >= 0.6 is 0 Å². The minimum atomic E-state index is -0.995. The van der Waals surface area contributed by atoms with Crippen LogP contribution in [0.3, 0.4) is 0 Å². The van der Waals surface area contributed by atoms with E-state index >= 15 is 0 Å². The molecule has 0 amide bonds. The summed E-state index contributed by atoms with van der Waals surface area (Å²) in [5, 5.41) is 17.8. The lowest BCUT2D eigenvalue weighted by molar-refractivity contribution is -0.131. The molecule has 0 aromatic heterocycles. The van der Waals surface area contributed by atoms with Gasteiger partial charge >= 0.3 is 5.97 Å². The molecule has 0 spiro atoms. The van der Waals surface area contributed by atoms with Crippen LogP contribution in [0.5, 0.6) is 0 Å². The van der Waals surface area contributed by atoms with Crippen molar-refractivity contribution in [2.75, 3.05) is 0 Å². The second-order valence-electron chi connectivity index (χ2n) is 2.98. The topological polar surface area (TPSA) is 57.5 Å². The maximum atomic E-state index is 10.3. The first kappa shape index (κ1) is 10.5. The smallest absolute Gasteiger partial charge is 0.328 e. The third-order valence-corrected chi connectivity index (χ3v) is 1.85. The summed E-state index contributed by atoms with van der Waals surface area (Å²) in [7, 11) is 0. The van der Waals surface area contributed by atoms with Gasteiger partial charge in [-0.2, -0.15) is 0 Å². The lowest BCUT2D eigenvalue weighted by Gasteiger charge is -2.07. The molecule has 3 heteroatoms. The van der Waals surface area contributed by atoms with Crippen LogP contribution in [-0.2, 0) is 4.79 Å². The summed E-state index contributed by atoms with van der Waals surface area (Å²) >= 11 is 0. The first-order chi connectivity index (χ1) is 6.61. The summed E-state index contributed by atoms with van der Waals surface area (Å²) in [6.07, 6.45) is 1.94. The van der Waals surface area contributed by atoms with Gasteiger partial charge in [-0.3, -0.25) is 0 Å². The predicted octanol–water partition coefficient (Wildman–Crippen LogP) is 1.84. The number of rotatable bonds is 3. The van der Waals surface area contributed by atoms with Crippen molar-refractivity contribution in [2.24, 2.45) is 0 Å². The number of carboxylic acids is 1. The molecule has 0 aliphatic carbocycles. The van der Waals surface area contributed by atoms with E-state index in [2.05, 4.69) is 0 Å². The molecule has 0 fully saturated rings. The molecule has 0 bridgehead atoms. The molecule has 0 radical (unpaired) electrons. The van der Waals surface area contributed by atoms with Crippen molar-refractivity contribution < 1.29 is 15.0 Å². The predicted molar refractivity (Wildman–Crippen MR) is 53.7 cm³/mol. The van der Waals surface area contributed by atoms with Crippen LogP contribution in [0, 0.1) is 0 Å². The van der Waals surface area contributed by atoms with Gasteiger partial charge in [0.05, 0.1) is 6.10 Å². The van der Waals surface area contributed by atoms with Crippen molar-refractivity contribution in [3.8, 4) is 0 Å². The highest BCUT2D eigenvalue weighted by Crippen LogP contribution is 2.18. The molecule has 0 aliphatic rings. The molecule has 0 saturated heterocycles. The van der Waals surface area contributed by atoms with E-state index in [0.717, 1.165) is 17.2 Å². The molecule has 1 rings (SSSR count). The van der Waals surface area contributed by atoms with Crippen LogP contribution in [0.2, 0.25) is 0 Å². The molecular weight excluding hydrogens is 180 g/mol. The minimum Gasteiger partial charge on any atom is -0.478 e. The average Bonchev–Trinajstić information content (AvgIpc) is 2.15. The van der Waals surface area contributed by atoms with E-state index in [4.69, 9.17) is 5.11 Å². The lowest BCUT2D eigenvalue weighted by atomic mass is 10.0. The molecule has 0 heterocycles. The molecule has 1 unspecified atom stereocenters. The van der Waals surface area contributed by atoms with Crippen molar-refractivity contribution in [1.82, 2.24) is 0 Å². The normalized spacial score (nSPS) is 13.0. The number of hydrogen-bond donors (Lipinski definition) is 2. The van der Waals surface area contributed by atoms with Gasteiger partial charge in [0, 0.05) is 6.08 Å². The Morgan fingerprint density at radius 2 is 2.07 bits per heavy atom. The van der Waals surface area contributed by atoms with Gasteiger partial charge in [-0.25, -0.2) is 4.79 Å². The summed E-state index contributed by atoms with van der Waals surface area (Å²) in [6, 6.07) is 7.14. The van der Waals surface area contributed by atoms with E-state index in [1.807, 2.05) is 0 Å².